The Hall–Kier alpha value is -1.61. The summed E-state index contributed by atoms with van der Waals surface area (Å²) in [6, 6.07) is 10.6. The molecule has 1 aromatic carbocycles. The van der Waals surface area contributed by atoms with Crippen molar-refractivity contribution in [2.24, 2.45) is 0 Å². The average Bonchev–Trinajstić information content (AvgIpc) is 2.76. The van der Waals surface area contributed by atoms with Gasteiger partial charge in [-0.1, -0.05) is 37.3 Å². The minimum absolute atomic E-state index is 0.531. The van der Waals surface area contributed by atoms with Crippen LogP contribution in [-0.2, 0) is 6.54 Å². The van der Waals surface area contributed by atoms with E-state index in [2.05, 4.69) is 52.8 Å². The van der Waals surface area contributed by atoms with Crippen LogP contribution < -0.4 is 5.32 Å². The molecule has 0 radical (unpaired) electrons. The summed E-state index contributed by atoms with van der Waals surface area (Å²) in [6.07, 6.45) is 1.88. The number of aryl methyl sites for hydroxylation is 1. The molecule has 2 rings (SSSR count). The SMILES string of the molecule is Cc1[nH]ncc1CNC[C@@H](C)c1ccccc1. The van der Waals surface area contributed by atoms with E-state index in [1.807, 2.05) is 13.1 Å². The van der Waals surface area contributed by atoms with Gasteiger partial charge in [0.1, 0.15) is 0 Å². The number of rotatable bonds is 5. The highest BCUT2D eigenvalue weighted by Crippen LogP contribution is 2.13. The maximum atomic E-state index is 4.01. The summed E-state index contributed by atoms with van der Waals surface area (Å²) >= 11 is 0. The van der Waals surface area contributed by atoms with E-state index in [1.54, 1.807) is 0 Å². The zero-order valence-corrected chi connectivity index (χ0v) is 10.4. The second-order valence-electron chi connectivity index (χ2n) is 4.46. The Morgan fingerprint density at radius 3 is 2.71 bits per heavy atom. The molecule has 2 N–H and O–H groups in total. The van der Waals surface area contributed by atoms with E-state index in [0.717, 1.165) is 18.8 Å². The topological polar surface area (TPSA) is 40.7 Å². The predicted molar refractivity (Wildman–Crippen MR) is 69.9 cm³/mol. The molecule has 0 bridgehead atoms. The van der Waals surface area contributed by atoms with E-state index in [4.69, 9.17) is 0 Å². The zero-order chi connectivity index (χ0) is 12.1. The monoisotopic (exact) mass is 229 g/mol. The van der Waals surface area contributed by atoms with Crippen molar-refractivity contribution in [3.05, 3.63) is 53.3 Å². The minimum atomic E-state index is 0.531. The van der Waals surface area contributed by atoms with E-state index in [1.165, 1.54) is 11.1 Å². The van der Waals surface area contributed by atoms with Crippen molar-refractivity contribution in [2.45, 2.75) is 26.3 Å². The van der Waals surface area contributed by atoms with Gasteiger partial charge in [-0.15, -0.1) is 0 Å². The van der Waals surface area contributed by atoms with Crippen LogP contribution in [0.15, 0.2) is 36.5 Å². The third kappa shape index (κ3) is 3.17. The summed E-state index contributed by atoms with van der Waals surface area (Å²) in [5, 5.41) is 10.4. The first kappa shape index (κ1) is 11.9. The van der Waals surface area contributed by atoms with Crippen molar-refractivity contribution >= 4 is 0 Å². The third-order valence-corrected chi connectivity index (χ3v) is 3.07. The van der Waals surface area contributed by atoms with E-state index in [9.17, 15) is 0 Å². The number of aromatic amines is 1. The zero-order valence-electron chi connectivity index (χ0n) is 10.4. The number of nitrogens with one attached hydrogen (secondary N) is 2. The van der Waals surface area contributed by atoms with Crippen LogP contribution in [0.1, 0.15) is 29.7 Å². The lowest BCUT2D eigenvalue weighted by molar-refractivity contribution is 0.614. The summed E-state index contributed by atoms with van der Waals surface area (Å²) in [7, 11) is 0. The van der Waals surface area contributed by atoms with Gasteiger partial charge in [-0.3, -0.25) is 5.10 Å². The molecule has 0 spiro atoms. The molecule has 0 saturated heterocycles. The lowest BCUT2D eigenvalue weighted by Crippen LogP contribution is -2.19. The van der Waals surface area contributed by atoms with Crippen LogP contribution in [-0.4, -0.2) is 16.7 Å². The van der Waals surface area contributed by atoms with Gasteiger partial charge in [-0.2, -0.15) is 5.10 Å². The number of hydrogen-bond acceptors (Lipinski definition) is 2. The molecule has 1 heterocycles. The highest BCUT2D eigenvalue weighted by Gasteiger charge is 2.05. The average molecular weight is 229 g/mol. The first-order valence-corrected chi connectivity index (χ1v) is 6.02. The molecule has 3 heteroatoms. The molecule has 1 atom stereocenters. The highest BCUT2D eigenvalue weighted by atomic mass is 15.1. The maximum absolute atomic E-state index is 4.01. The minimum Gasteiger partial charge on any atom is -0.312 e. The highest BCUT2D eigenvalue weighted by molar-refractivity contribution is 5.19. The lowest BCUT2D eigenvalue weighted by Gasteiger charge is -2.12. The predicted octanol–water partition coefficient (Wildman–Crippen LogP) is 2.61. The van der Waals surface area contributed by atoms with E-state index in [0.29, 0.717) is 5.92 Å². The molecule has 0 aliphatic rings. The fraction of sp³-hybridized carbons (Fsp3) is 0.357. The van der Waals surface area contributed by atoms with Crippen molar-refractivity contribution in [2.75, 3.05) is 6.54 Å². The molecular formula is C14H19N3. The molecule has 3 nitrogen and oxygen atoms in total. The molecular weight excluding hydrogens is 210 g/mol. The fourth-order valence-corrected chi connectivity index (χ4v) is 1.88. The maximum Gasteiger partial charge on any atom is 0.0535 e. The van der Waals surface area contributed by atoms with E-state index >= 15 is 0 Å². The van der Waals surface area contributed by atoms with Crippen molar-refractivity contribution in [3.63, 3.8) is 0 Å². The normalized spacial score (nSPS) is 12.6. The van der Waals surface area contributed by atoms with Gasteiger partial charge in [-0.05, 0) is 18.4 Å². The van der Waals surface area contributed by atoms with Crippen LogP contribution in [0.4, 0.5) is 0 Å². The standard InChI is InChI=1S/C14H19N3/c1-11(13-6-4-3-5-7-13)8-15-9-14-10-16-17-12(14)2/h3-7,10-11,15H,8-9H2,1-2H3,(H,16,17)/t11-/m1/s1. The Bertz CT molecular complexity index is 448. The molecule has 0 aliphatic heterocycles. The molecule has 0 amide bonds. The van der Waals surface area contributed by atoms with Crippen molar-refractivity contribution in [1.82, 2.24) is 15.5 Å². The molecule has 90 valence electrons. The number of aromatic nitrogens is 2. The van der Waals surface area contributed by atoms with Gasteiger partial charge >= 0.3 is 0 Å². The number of H-pyrrole nitrogens is 1. The molecule has 0 aliphatic carbocycles. The van der Waals surface area contributed by atoms with Gasteiger partial charge in [-0.25, -0.2) is 0 Å². The number of hydrogen-bond donors (Lipinski definition) is 2. The van der Waals surface area contributed by atoms with E-state index in [-0.39, 0.29) is 0 Å². The van der Waals surface area contributed by atoms with Crippen LogP contribution >= 0.6 is 0 Å². The van der Waals surface area contributed by atoms with E-state index < -0.39 is 0 Å². The summed E-state index contributed by atoms with van der Waals surface area (Å²) in [4.78, 5) is 0. The van der Waals surface area contributed by atoms with Crippen LogP contribution in [0.5, 0.6) is 0 Å². The third-order valence-electron chi connectivity index (χ3n) is 3.07. The lowest BCUT2D eigenvalue weighted by atomic mass is 10.0. The van der Waals surface area contributed by atoms with Crippen LogP contribution in [0.2, 0.25) is 0 Å². The molecule has 2 aromatic rings. The van der Waals surface area contributed by atoms with Crippen molar-refractivity contribution < 1.29 is 0 Å². The molecule has 0 fully saturated rings. The Kier molecular flexibility index (Phi) is 3.94. The second kappa shape index (κ2) is 5.64. The molecule has 17 heavy (non-hydrogen) atoms. The van der Waals surface area contributed by atoms with Gasteiger partial charge in [0.15, 0.2) is 0 Å². The van der Waals surface area contributed by atoms with Gasteiger partial charge in [0, 0.05) is 24.3 Å². The Balaban J connectivity index is 1.81. The van der Waals surface area contributed by atoms with Crippen LogP contribution in [0.3, 0.4) is 0 Å². The first-order valence-electron chi connectivity index (χ1n) is 6.02. The summed E-state index contributed by atoms with van der Waals surface area (Å²) in [5.41, 5.74) is 3.76. The summed E-state index contributed by atoms with van der Waals surface area (Å²) in [5.74, 6) is 0.531. The van der Waals surface area contributed by atoms with Crippen molar-refractivity contribution in [3.8, 4) is 0 Å². The van der Waals surface area contributed by atoms with Gasteiger partial charge < -0.3 is 5.32 Å². The van der Waals surface area contributed by atoms with Crippen molar-refractivity contribution in [1.29, 1.82) is 0 Å². The number of benzene rings is 1. The Labute approximate surface area is 102 Å². The van der Waals surface area contributed by atoms with Crippen LogP contribution in [0.25, 0.3) is 0 Å². The fourth-order valence-electron chi connectivity index (χ4n) is 1.88. The summed E-state index contributed by atoms with van der Waals surface area (Å²) in [6.45, 7) is 6.14. The smallest absolute Gasteiger partial charge is 0.0535 e. The van der Waals surface area contributed by atoms with Crippen LogP contribution in [0, 0.1) is 6.92 Å². The summed E-state index contributed by atoms with van der Waals surface area (Å²) < 4.78 is 0. The first-order chi connectivity index (χ1) is 8.27. The van der Waals surface area contributed by atoms with Gasteiger partial charge in [0.25, 0.3) is 0 Å². The second-order valence-corrected chi connectivity index (χ2v) is 4.46. The molecule has 1 aromatic heterocycles. The largest absolute Gasteiger partial charge is 0.312 e. The Morgan fingerprint density at radius 1 is 1.29 bits per heavy atom. The van der Waals surface area contributed by atoms with Gasteiger partial charge in [0.2, 0.25) is 0 Å². The quantitative estimate of drug-likeness (QED) is 0.827. The number of nitrogens with zero attached hydrogens (tertiary/aromatic N) is 1. The van der Waals surface area contributed by atoms with Gasteiger partial charge in [0.05, 0.1) is 6.20 Å². The Morgan fingerprint density at radius 2 is 2.06 bits per heavy atom. The molecule has 0 saturated carbocycles. The molecule has 0 unspecified atom stereocenters.